The Hall–Kier alpha value is -2.32. The van der Waals surface area contributed by atoms with Crippen molar-refractivity contribution in [2.45, 2.75) is 18.8 Å². The summed E-state index contributed by atoms with van der Waals surface area (Å²) in [6, 6.07) is 6.55. The fourth-order valence-electron chi connectivity index (χ4n) is 3.49. The van der Waals surface area contributed by atoms with Crippen molar-refractivity contribution >= 4 is 29.5 Å². The maximum absolute atomic E-state index is 12.6. The van der Waals surface area contributed by atoms with Crippen LogP contribution in [-0.4, -0.2) is 78.2 Å². The predicted molar refractivity (Wildman–Crippen MR) is 95.7 cm³/mol. The number of hydrogen-bond acceptors (Lipinski definition) is 6. The molecule has 2 fully saturated rings. The highest BCUT2D eigenvalue weighted by Gasteiger charge is 2.49. The molecule has 4 rings (SSSR count). The van der Waals surface area contributed by atoms with Crippen LogP contribution in [0.4, 0.5) is 4.79 Å². The van der Waals surface area contributed by atoms with Crippen molar-refractivity contribution in [2.24, 2.45) is 4.99 Å². The van der Waals surface area contributed by atoms with Crippen molar-refractivity contribution < 1.29 is 14.3 Å². The molecule has 0 bridgehead atoms. The number of fused-ring (bicyclic) bond motifs is 1. The van der Waals surface area contributed by atoms with Gasteiger partial charge in [0.2, 0.25) is 0 Å². The Morgan fingerprint density at radius 2 is 1.92 bits per heavy atom. The number of likely N-dealkylation sites (N-methyl/N-ethyl adjacent to an activating group) is 1. The van der Waals surface area contributed by atoms with E-state index in [1.165, 1.54) is 4.90 Å². The molecule has 1 aromatic rings. The first kappa shape index (κ1) is 17.1. The average molecular weight is 378 g/mol. The number of ether oxygens (including phenoxy) is 1. The van der Waals surface area contributed by atoms with E-state index in [2.05, 4.69) is 10.2 Å². The zero-order chi connectivity index (χ0) is 18.3. The van der Waals surface area contributed by atoms with Crippen LogP contribution >= 0.6 is 11.6 Å². The van der Waals surface area contributed by atoms with Crippen LogP contribution in [0.2, 0.25) is 5.02 Å². The van der Waals surface area contributed by atoms with Gasteiger partial charge in [0.25, 0.3) is 5.91 Å². The van der Waals surface area contributed by atoms with Crippen molar-refractivity contribution in [1.29, 1.82) is 0 Å². The van der Waals surface area contributed by atoms with Crippen LogP contribution < -0.4 is 5.32 Å². The van der Waals surface area contributed by atoms with E-state index in [9.17, 15) is 9.59 Å². The van der Waals surface area contributed by atoms with E-state index in [0.717, 1.165) is 11.5 Å². The SMILES string of the molecule is CN1C(=O)NC(=O)C2C1N=C(N1CCOCC1)N2Cc1ccc(Cl)cc1. The highest BCUT2D eigenvalue weighted by molar-refractivity contribution is 6.30. The number of nitrogens with one attached hydrogen (secondary N) is 1. The number of rotatable bonds is 2. The van der Waals surface area contributed by atoms with E-state index in [0.29, 0.717) is 37.9 Å². The summed E-state index contributed by atoms with van der Waals surface area (Å²) < 4.78 is 5.43. The molecule has 3 aliphatic rings. The molecule has 2 unspecified atom stereocenters. The van der Waals surface area contributed by atoms with Crippen molar-refractivity contribution in [3.05, 3.63) is 34.9 Å². The van der Waals surface area contributed by atoms with Crippen LogP contribution in [0.25, 0.3) is 0 Å². The highest BCUT2D eigenvalue weighted by atomic mass is 35.5. The molecule has 3 aliphatic heterocycles. The maximum atomic E-state index is 12.6. The quantitative estimate of drug-likeness (QED) is 0.821. The minimum Gasteiger partial charge on any atom is -0.378 e. The first-order chi connectivity index (χ1) is 12.5. The molecule has 1 N–H and O–H groups in total. The van der Waals surface area contributed by atoms with E-state index in [-0.39, 0.29) is 5.91 Å². The summed E-state index contributed by atoms with van der Waals surface area (Å²) >= 11 is 5.98. The molecule has 0 aliphatic carbocycles. The third-order valence-corrected chi connectivity index (χ3v) is 5.15. The summed E-state index contributed by atoms with van der Waals surface area (Å²) in [6.45, 7) is 3.14. The fourth-order valence-corrected chi connectivity index (χ4v) is 3.62. The third kappa shape index (κ3) is 2.99. The molecule has 0 saturated carbocycles. The predicted octanol–water partition coefficient (Wildman–Crippen LogP) is 0.720. The van der Waals surface area contributed by atoms with Gasteiger partial charge >= 0.3 is 6.03 Å². The van der Waals surface area contributed by atoms with Gasteiger partial charge in [0.05, 0.1) is 13.2 Å². The highest BCUT2D eigenvalue weighted by Crippen LogP contribution is 2.27. The van der Waals surface area contributed by atoms with Crippen LogP contribution in [0.5, 0.6) is 0 Å². The van der Waals surface area contributed by atoms with E-state index in [4.69, 9.17) is 21.3 Å². The van der Waals surface area contributed by atoms with Crippen molar-refractivity contribution in [3.8, 4) is 0 Å². The molecular weight excluding hydrogens is 358 g/mol. The molecule has 2 saturated heterocycles. The van der Waals surface area contributed by atoms with E-state index >= 15 is 0 Å². The minimum atomic E-state index is -0.550. The van der Waals surface area contributed by atoms with Crippen LogP contribution in [-0.2, 0) is 16.1 Å². The Morgan fingerprint density at radius 3 is 2.62 bits per heavy atom. The summed E-state index contributed by atoms with van der Waals surface area (Å²) in [4.78, 5) is 34.9. The monoisotopic (exact) mass is 377 g/mol. The van der Waals surface area contributed by atoms with E-state index in [1.54, 1.807) is 7.05 Å². The van der Waals surface area contributed by atoms with E-state index < -0.39 is 18.2 Å². The lowest BCUT2D eigenvalue weighted by atomic mass is 10.1. The summed E-state index contributed by atoms with van der Waals surface area (Å²) in [5.74, 6) is 0.411. The molecule has 2 atom stereocenters. The van der Waals surface area contributed by atoms with Crippen molar-refractivity contribution in [1.82, 2.24) is 20.0 Å². The molecule has 26 heavy (non-hydrogen) atoms. The standard InChI is InChI=1S/C17H20ClN5O3/c1-21-14-13(15(24)20-17(21)25)23(10-11-2-4-12(18)5-3-11)16(19-14)22-6-8-26-9-7-22/h2-5,13-14H,6-10H2,1H3,(H,20,24,25). The number of imide groups is 1. The van der Waals surface area contributed by atoms with Gasteiger partial charge in [0.15, 0.2) is 18.2 Å². The molecule has 9 heteroatoms. The Labute approximate surface area is 156 Å². The molecule has 0 aromatic heterocycles. The Balaban J connectivity index is 1.67. The summed E-state index contributed by atoms with van der Waals surface area (Å²) in [5.41, 5.74) is 1.02. The number of halogens is 1. The number of benzene rings is 1. The van der Waals surface area contributed by atoms with Crippen molar-refractivity contribution in [3.63, 3.8) is 0 Å². The number of carbonyl (C=O) groups excluding carboxylic acids is 2. The van der Waals surface area contributed by atoms with Gasteiger partial charge in [-0.1, -0.05) is 23.7 Å². The zero-order valence-corrected chi connectivity index (χ0v) is 15.1. The number of aliphatic imine (C=N–C) groups is 1. The fraction of sp³-hybridized carbons (Fsp3) is 0.471. The second kappa shape index (κ2) is 6.77. The lowest BCUT2D eigenvalue weighted by molar-refractivity contribution is -0.127. The minimum absolute atomic E-state index is 0.320. The van der Waals surface area contributed by atoms with E-state index in [1.807, 2.05) is 29.2 Å². The number of carbonyl (C=O) groups is 2. The zero-order valence-electron chi connectivity index (χ0n) is 14.4. The molecule has 138 valence electrons. The van der Waals surface area contributed by atoms with Crippen molar-refractivity contribution in [2.75, 3.05) is 33.4 Å². The molecule has 8 nitrogen and oxygen atoms in total. The molecular formula is C17H20ClN5O3. The first-order valence-corrected chi connectivity index (χ1v) is 8.91. The second-order valence-corrected chi connectivity index (χ2v) is 6.98. The van der Waals surface area contributed by atoms with Crippen LogP contribution in [0, 0.1) is 0 Å². The number of morpholine rings is 1. The van der Waals surface area contributed by atoms with Gasteiger partial charge in [0, 0.05) is 31.7 Å². The Kier molecular flexibility index (Phi) is 4.46. The van der Waals surface area contributed by atoms with Gasteiger partial charge in [-0.2, -0.15) is 0 Å². The van der Waals surface area contributed by atoms with Crippen LogP contribution in [0.1, 0.15) is 5.56 Å². The number of amides is 3. The van der Waals surface area contributed by atoms with Gasteiger partial charge in [-0.25, -0.2) is 9.79 Å². The molecule has 1 aromatic carbocycles. The smallest absolute Gasteiger partial charge is 0.325 e. The normalized spacial score (nSPS) is 25.9. The number of urea groups is 1. The number of guanidine groups is 1. The molecule has 3 amide bonds. The van der Waals surface area contributed by atoms with Gasteiger partial charge in [-0.3, -0.25) is 10.1 Å². The Morgan fingerprint density at radius 1 is 1.23 bits per heavy atom. The molecule has 0 radical (unpaired) electrons. The summed E-state index contributed by atoms with van der Waals surface area (Å²) in [6.07, 6.45) is -0.526. The van der Waals surface area contributed by atoms with Gasteiger partial charge < -0.3 is 19.4 Å². The lowest BCUT2D eigenvalue weighted by Gasteiger charge is -2.38. The average Bonchev–Trinajstić information content (AvgIpc) is 3.02. The maximum Gasteiger partial charge on any atom is 0.325 e. The van der Waals surface area contributed by atoms with Gasteiger partial charge in [-0.05, 0) is 17.7 Å². The number of hydrogen-bond donors (Lipinski definition) is 1. The van der Waals surface area contributed by atoms with Gasteiger partial charge in [-0.15, -0.1) is 0 Å². The molecule has 0 spiro atoms. The van der Waals surface area contributed by atoms with Gasteiger partial charge in [0.1, 0.15) is 0 Å². The Bertz CT molecular complexity index is 747. The first-order valence-electron chi connectivity index (χ1n) is 8.54. The summed E-state index contributed by atoms with van der Waals surface area (Å²) in [7, 11) is 1.66. The second-order valence-electron chi connectivity index (χ2n) is 6.55. The number of nitrogens with zero attached hydrogens (tertiary/aromatic N) is 4. The lowest BCUT2D eigenvalue weighted by Crippen LogP contribution is -2.64. The van der Waals surface area contributed by atoms with Crippen LogP contribution in [0.15, 0.2) is 29.3 Å². The largest absolute Gasteiger partial charge is 0.378 e. The third-order valence-electron chi connectivity index (χ3n) is 4.90. The van der Waals surface area contributed by atoms with Crippen LogP contribution in [0.3, 0.4) is 0 Å². The topological polar surface area (TPSA) is 77.5 Å². The summed E-state index contributed by atoms with van der Waals surface area (Å²) in [5, 5.41) is 3.08. The molecule has 3 heterocycles.